The fraction of sp³-hybridized carbons (Fsp3) is 0.333. The predicted molar refractivity (Wildman–Crippen MR) is 121 cm³/mol. The van der Waals surface area contributed by atoms with Crippen molar-refractivity contribution in [1.82, 2.24) is 19.9 Å². The van der Waals surface area contributed by atoms with Crippen LogP contribution in [0.25, 0.3) is 22.3 Å². The van der Waals surface area contributed by atoms with E-state index in [1.807, 2.05) is 35.9 Å². The number of rotatable bonds is 3. The number of nitrogens with one attached hydrogen (secondary N) is 1. The number of pyridine rings is 2. The maximum atomic E-state index is 12.1. The minimum absolute atomic E-state index is 0. The van der Waals surface area contributed by atoms with Gasteiger partial charge in [0, 0.05) is 58.3 Å². The van der Waals surface area contributed by atoms with Gasteiger partial charge >= 0.3 is 0 Å². The Hall–Kier alpha value is -3.13. The minimum atomic E-state index is -0.540. The van der Waals surface area contributed by atoms with E-state index in [4.69, 9.17) is 22.3 Å². The van der Waals surface area contributed by atoms with Crippen molar-refractivity contribution in [3.63, 3.8) is 0 Å². The molecule has 1 aliphatic heterocycles. The van der Waals surface area contributed by atoms with Crippen molar-refractivity contribution in [2.24, 2.45) is 5.73 Å². The number of anilines is 1. The molecule has 0 aliphatic carbocycles. The second kappa shape index (κ2) is 7.60. The number of aromatic amines is 1. The summed E-state index contributed by atoms with van der Waals surface area (Å²) >= 11 is 6.13. The molecule has 2 atom stereocenters. The van der Waals surface area contributed by atoms with Gasteiger partial charge in [0.05, 0.1) is 16.3 Å². The third-order valence-corrected chi connectivity index (χ3v) is 5.70. The molecule has 0 aromatic carbocycles. The number of carbonyl (C=O) groups excluding carboxylic acids is 2. The van der Waals surface area contributed by atoms with Gasteiger partial charge in [0.2, 0.25) is 5.91 Å². The van der Waals surface area contributed by atoms with E-state index in [1.165, 1.54) is 0 Å². The van der Waals surface area contributed by atoms with E-state index in [-0.39, 0.29) is 20.8 Å². The summed E-state index contributed by atoms with van der Waals surface area (Å²) in [7, 11) is 0. The van der Waals surface area contributed by atoms with E-state index < -0.39 is 5.91 Å². The van der Waals surface area contributed by atoms with Gasteiger partial charge in [0.25, 0.3) is 5.91 Å². The molecule has 4 heterocycles. The molecule has 0 radical (unpaired) electrons. The molecule has 1 saturated heterocycles. The number of primary amides is 1. The lowest BCUT2D eigenvalue weighted by atomic mass is 10.1. The zero-order valence-electron chi connectivity index (χ0n) is 17.0. The summed E-state index contributed by atoms with van der Waals surface area (Å²) in [4.78, 5) is 40.2. The van der Waals surface area contributed by atoms with Crippen LogP contribution < -0.4 is 10.6 Å². The van der Waals surface area contributed by atoms with Crippen LogP contribution in [0.1, 0.15) is 34.0 Å². The number of carbonyl (C=O) groups is 2. The minimum Gasteiger partial charge on any atom is -0.365 e. The van der Waals surface area contributed by atoms with E-state index in [0.717, 1.165) is 10.9 Å². The Bertz CT molecular complexity index is 1140. The van der Waals surface area contributed by atoms with Gasteiger partial charge in [0.15, 0.2) is 0 Å². The maximum Gasteiger partial charge on any atom is 0.252 e. The number of fused-ring (bicyclic) bond motifs is 1. The standard InChI is InChI=1S/C21H23ClN6O2.2H2/c1-11-9-27(10-12(2)28(11)13(3)29)21-15(19(23)30)4-5-18(26-21)17-8-25-20-16(17)6-14(22)7-24-20;;/h4-8,11-12H,9-10H2,1-3H3,(H2,23,30)(H,24,25);2*1H/t11-,12+;;. The molecule has 3 N–H and O–H groups in total. The monoisotopic (exact) mass is 430 g/mol. The normalized spacial score (nSPS) is 19.3. The molecular formula is C21H27ClN6O2. The molecule has 0 bridgehead atoms. The van der Waals surface area contributed by atoms with Crippen LogP contribution in [-0.2, 0) is 4.79 Å². The van der Waals surface area contributed by atoms with Crippen molar-refractivity contribution in [3.05, 3.63) is 41.2 Å². The van der Waals surface area contributed by atoms with Gasteiger partial charge in [-0.3, -0.25) is 9.59 Å². The first kappa shape index (κ1) is 20.2. The lowest BCUT2D eigenvalue weighted by Gasteiger charge is -2.44. The lowest BCUT2D eigenvalue weighted by molar-refractivity contribution is -0.133. The van der Waals surface area contributed by atoms with Crippen LogP contribution in [0, 0.1) is 0 Å². The second-order valence-electron chi connectivity index (χ2n) is 7.71. The molecule has 160 valence electrons. The SMILES string of the molecule is CC(=O)N1[C@H](C)CN(c2nc(-c3c[nH]c4ncc(Cl)cc34)ccc2C(N)=O)C[C@@H]1C.[HH].[HH]. The van der Waals surface area contributed by atoms with Gasteiger partial charge in [-0.1, -0.05) is 11.6 Å². The Morgan fingerprint density at radius 1 is 1.27 bits per heavy atom. The summed E-state index contributed by atoms with van der Waals surface area (Å²) in [6.45, 7) is 6.67. The number of amides is 2. The molecular weight excluding hydrogens is 404 g/mol. The van der Waals surface area contributed by atoms with E-state index in [9.17, 15) is 9.59 Å². The Morgan fingerprint density at radius 2 is 1.97 bits per heavy atom. The van der Waals surface area contributed by atoms with Crippen LogP contribution in [0.15, 0.2) is 30.6 Å². The van der Waals surface area contributed by atoms with E-state index in [2.05, 4.69) is 9.97 Å². The van der Waals surface area contributed by atoms with Crippen molar-refractivity contribution in [3.8, 4) is 11.3 Å². The maximum absolute atomic E-state index is 12.1. The zero-order valence-corrected chi connectivity index (χ0v) is 17.8. The lowest BCUT2D eigenvalue weighted by Crippen LogP contribution is -2.58. The Morgan fingerprint density at radius 3 is 2.60 bits per heavy atom. The Labute approximate surface area is 182 Å². The van der Waals surface area contributed by atoms with E-state index >= 15 is 0 Å². The first-order chi connectivity index (χ1) is 14.3. The number of piperazine rings is 1. The molecule has 9 heteroatoms. The van der Waals surface area contributed by atoms with Crippen LogP contribution in [0.3, 0.4) is 0 Å². The summed E-state index contributed by atoms with van der Waals surface area (Å²) in [6, 6.07) is 5.26. The highest BCUT2D eigenvalue weighted by Gasteiger charge is 2.33. The number of hydrogen-bond acceptors (Lipinski definition) is 5. The molecule has 4 rings (SSSR count). The van der Waals surface area contributed by atoms with Gasteiger partial charge in [-0.05, 0) is 32.0 Å². The van der Waals surface area contributed by atoms with Gasteiger partial charge in [-0.15, -0.1) is 0 Å². The molecule has 0 spiro atoms. The molecule has 8 nitrogen and oxygen atoms in total. The summed E-state index contributed by atoms with van der Waals surface area (Å²) in [5.74, 6) is 0.0166. The third kappa shape index (κ3) is 3.47. The molecule has 0 saturated carbocycles. The van der Waals surface area contributed by atoms with Crippen molar-refractivity contribution >= 4 is 40.3 Å². The topological polar surface area (TPSA) is 108 Å². The predicted octanol–water partition coefficient (Wildman–Crippen LogP) is 3.31. The Kier molecular flexibility index (Phi) is 5.11. The smallest absolute Gasteiger partial charge is 0.252 e. The van der Waals surface area contributed by atoms with Crippen molar-refractivity contribution in [2.45, 2.75) is 32.9 Å². The first-order valence-corrected chi connectivity index (χ1v) is 10.1. The molecule has 1 fully saturated rings. The van der Waals surface area contributed by atoms with Crippen molar-refractivity contribution in [2.75, 3.05) is 18.0 Å². The molecule has 3 aromatic heterocycles. The number of nitrogens with two attached hydrogens (primary N) is 1. The second-order valence-corrected chi connectivity index (χ2v) is 8.15. The molecule has 1 aliphatic rings. The van der Waals surface area contributed by atoms with E-state index in [1.54, 1.807) is 25.3 Å². The summed E-state index contributed by atoms with van der Waals surface area (Å²) in [5.41, 5.74) is 8.21. The summed E-state index contributed by atoms with van der Waals surface area (Å²) in [5, 5.41) is 1.37. The number of hydrogen-bond donors (Lipinski definition) is 2. The summed E-state index contributed by atoms with van der Waals surface area (Å²) in [6.07, 6.45) is 3.40. The summed E-state index contributed by atoms with van der Waals surface area (Å²) < 4.78 is 0. The van der Waals surface area contributed by atoms with Gasteiger partial charge in [-0.2, -0.15) is 0 Å². The van der Waals surface area contributed by atoms with Crippen LogP contribution >= 0.6 is 11.6 Å². The average Bonchev–Trinajstić information content (AvgIpc) is 3.09. The molecule has 30 heavy (non-hydrogen) atoms. The van der Waals surface area contributed by atoms with Crippen molar-refractivity contribution < 1.29 is 12.4 Å². The van der Waals surface area contributed by atoms with Crippen LogP contribution in [-0.4, -0.2) is 56.8 Å². The van der Waals surface area contributed by atoms with Gasteiger partial charge < -0.3 is 20.5 Å². The van der Waals surface area contributed by atoms with Crippen LogP contribution in [0.4, 0.5) is 5.82 Å². The Balaban J connectivity index is 0.00000181. The average molecular weight is 431 g/mol. The van der Waals surface area contributed by atoms with E-state index in [0.29, 0.717) is 40.8 Å². The number of halogens is 1. The van der Waals surface area contributed by atoms with Gasteiger partial charge in [-0.25, -0.2) is 9.97 Å². The van der Waals surface area contributed by atoms with Crippen molar-refractivity contribution in [1.29, 1.82) is 0 Å². The molecule has 2 amide bonds. The van der Waals surface area contributed by atoms with Crippen LogP contribution in [0.2, 0.25) is 5.02 Å². The van der Waals surface area contributed by atoms with Gasteiger partial charge in [0.1, 0.15) is 11.5 Å². The molecule has 0 unspecified atom stereocenters. The number of nitrogens with zero attached hydrogens (tertiary/aromatic N) is 4. The fourth-order valence-corrected chi connectivity index (χ4v) is 4.50. The third-order valence-electron chi connectivity index (χ3n) is 5.50. The number of aromatic nitrogens is 3. The largest absolute Gasteiger partial charge is 0.365 e. The highest BCUT2D eigenvalue weighted by Crippen LogP contribution is 2.32. The molecule has 3 aromatic rings. The quantitative estimate of drug-likeness (QED) is 0.662. The highest BCUT2D eigenvalue weighted by molar-refractivity contribution is 6.31. The highest BCUT2D eigenvalue weighted by atomic mass is 35.5. The zero-order chi connectivity index (χ0) is 21.6. The van der Waals surface area contributed by atoms with Crippen LogP contribution in [0.5, 0.6) is 0 Å². The number of H-pyrrole nitrogens is 1. The fourth-order valence-electron chi connectivity index (χ4n) is 4.34. The first-order valence-electron chi connectivity index (χ1n) is 9.74.